The van der Waals surface area contributed by atoms with E-state index in [0.717, 1.165) is 61.2 Å². The number of fused-ring (bicyclic) bond motifs is 11. The van der Waals surface area contributed by atoms with E-state index in [1.54, 1.807) is 0 Å². The molecule has 0 aliphatic heterocycles. The average molecular weight is 733 g/mol. The van der Waals surface area contributed by atoms with Crippen LogP contribution in [0.2, 0.25) is 0 Å². The molecule has 0 spiro atoms. The van der Waals surface area contributed by atoms with Gasteiger partial charge in [-0.3, -0.25) is 0 Å². The normalized spacial score (nSPS) is 11.9. The van der Waals surface area contributed by atoms with E-state index in [1.807, 2.05) is 11.3 Å². The highest BCUT2D eigenvalue weighted by molar-refractivity contribution is 7.26. The van der Waals surface area contributed by atoms with E-state index in [2.05, 4.69) is 204 Å². The monoisotopic (exact) mass is 732 g/mol. The first-order valence-electron chi connectivity index (χ1n) is 19.0. The standard InChI is InChI=1S/C52H32N2OS/c1-2-15-39-33(12-1)26-31-44-50-38(19-11-24-48(50)55-51(39)44)34-13-9-14-37(32-34)53(47-23-10-20-43-42-18-5-8-25-49(42)56-52(43)47)35-27-29-36(30-28-35)54-45-21-6-3-16-40(45)41-17-4-7-22-46(41)54/h1-32H. The van der Waals surface area contributed by atoms with Crippen LogP contribution in [0.3, 0.4) is 0 Å². The molecular weight excluding hydrogens is 701 g/mol. The van der Waals surface area contributed by atoms with E-state index in [4.69, 9.17) is 4.42 Å². The molecule has 0 radical (unpaired) electrons. The third kappa shape index (κ3) is 4.63. The van der Waals surface area contributed by atoms with Crippen LogP contribution in [0.5, 0.6) is 0 Å². The molecule has 0 saturated heterocycles. The molecule has 0 bridgehead atoms. The summed E-state index contributed by atoms with van der Waals surface area (Å²) in [5, 5.41) is 9.66. The molecule has 3 heterocycles. The van der Waals surface area contributed by atoms with E-state index in [9.17, 15) is 0 Å². The lowest BCUT2D eigenvalue weighted by atomic mass is 9.97. The largest absolute Gasteiger partial charge is 0.455 e. The molecule has 4 heteroatoms. The van der Waals surface area contributed by atoms with Crippen molar-refractivity contribution in [2.75, 3.05) is 4.90 Å². The Kier molecular flexibility index (Phi) is 6.80. The molecule has 9 aromatic carbocycles. The Morgan fingerprint density at radius 3 is 1.96 bits per heavy atom. The maximum atomic E-state index is 6.61. The van der Waals surface area contributed by atoms with Gasteiger partial charge in [-0.05, 0) is 89.3 Å². The van der Waals surface area contributed by atoms with Crippen molar-refractivity contribution in [1.82, 2.24) is 4.57 Å². The lowest BCUT2D eigenvalue weighted by Crippen LogP contribution is -2.10. The Hall–Kier alpha value is -7.14. The van der Waals surface area contributed by atoms with Gasteiger partial charge in [0.15, 0.2) is 0 Å². The Morgan fingerprint density at radius 2 is 1.14 bits per heavy atom. The molecular formula is C52H32N2OS. The number of furan rings is 1. The van der Waals surface area contributed by atoms with Crippen LogP contribution in [0.1, 0.15) is 0 Å². The predicted molar refractivity (Wildman–Crippen MR) is 239 cm³/mol. The fraction of sp³-hybridized carbons (Fsp3) is 0. The highest BCUT2D eigenvalue weighted by Crippen LogP contribution is 2.46. The minimum absolute atomic E-state index is 0.895. The molecule has 0 atom stereocenters. The van der Waals surface area contributed by atoms with Crippen molar-refractivity contribution in [1.29, 1.82) is 0 Å². The maximum Gasteiger partial charge on any atom is 0.143 e. The quantitative estimate of drug-likeness (QED) is 0.176. The number of aromatic nitrogens is 1. The summed E-state index contributed by atoms with van der Waals surface area (Å²) >= 11 is 1.86. The van der Waals surface area contributed by atoms with E-state index in [1.165, 1.54) is 47.4 Å². The van der Waals surface area contributed by atoms with Crippen molar-refractivity contribution >= 4 is 103 Å². The highest BCUT2D eigenvalue weighted by atomic mass is 32.1. The number of rotatable bonds is 5. The van der Waals surface area contributed by atoms with Crippen molar-refractivity contribution in [3.05, 3.63) is 194 Å². The zero-order chi connectivity index (χ0) is 36.7. The molecule has 0 aliphatic carbocycles. The van der Waals surface area contributed by atoms with Gasteiger partial charge < -0.3 is 13.9 Å². The Bertz CT molecular complexity index is 3440. The number of thiophene rings is 1. The van der Waals surface area contributed by atoms with E-state index in [0.29, 0.717) is 0 Å². The Balaban J connectivity index is 1.06. The van der Waals surface area contributed by atoms with Crippen LogP contribution in [0.4, 0.5) is 17.1 Å². The van der Waals surface area contributed by atoms with Crippen LogP contribution in [0.25, 0.3) is 91.5 Å². The number of hydrogen-bond donors (Lipinski definition) is 0. The number of hydrogen-bond acceptors (Lipinski definition) is 3. The van der Waals surface area contributed by atoms with Crippen LogP contribution >= 0.6 is 11.3 Å². The molecule has 0 amide bonds. The van der Waals surface area contributed by atoms with Gasteiger partial charge in [0.1, 0.15) is 11.2 Å². The first-order chi connectivity index (χ1) is 27.8. The summed E-state index contributed by atoms with van der Waals surface area (Å²) in [6, 6.07) is 70.2. The minimum Gasteiger partial charge on any atom is -0.455 e. The van der Waals surface area contributed by atoms with Gasteiger partial charge in [-0.2, -0.15) is 0 Å². The average Bonchev–Trinajstić information content (AvgIpc) is 3.95. The third-order valence-corrected chi connectivity index (χ3v) is 12.6. The van der Waals surface area contributed by atoms with Crippen LogP contribution in [0.15, 0.2) is 199 Å². The van der Waals surface area contributed by atoms with Gasteiger partial charge in [-0.25, -0.2) is 0 Å². The molecule has 0 unspecified atom stereocenters. The molecule has 0 N–H and O–H groups in total. The Morgan fingerprint density at radius 1 is 0.464 bits per heavy atom. The second kappa shape index (κ2) is 12.2. The molecule has 3 nitrogen and oxygen atoms in total. The van der Waals surface area contributed by atoms with Gasteiger partial charge in [-0.1, -0.05) is 121 Å². The molecule has 3 aromatic heterocycles. The summed E-state index contributed by atoms with van der Waals surface area (Å²) in [6.45, 7) is 0. The molecule has 12 aromatic rings. The van der Waals surface area contributed by atoms with Crippen molar-refractivity contribution in [2.24, 2.45) is 0 Å². The fourth-order valence-electron chi connectivity index (χ4n) is 8.89. The van der Waals surface area contributed by atoms with E-state index < -0.39 is 0 Å². The van der Waals surface area contributed by atoms with Gasteiger partial charge >= 0.3 is 0 Å². The molecule has 0 fully saturated rings. The molecule has 12 rings (SSSR count). The van der Waals surface area contributed by atoms with Crippen LogP contribution < -0.4 is 4.90 Å². The third-order valence-electron chi connectivity index (χ3n) is 11.4. The van der Waals surface area contributed by atoms with E-state index in [-0.39, 0.29) is 0 Å². The van der Waals surface area contributed by atoms with Crippen molar-refractivity contribution in [2.45, 2.75) is 0 Å². The lowest BCUT2D eigenvalue weighted by Gasteiger charge is -2.27. The van der Waals surface area contributed by atoms with Crippen molar-refractivity contribution in [3.8, 4) is 16.8 Å². The van der Waals surface area contributed by atoms with Gasteiger partial charge in [0.25, 0.3) is 0 Å². The second-order valence-corrected chi connectivity index (χ2v) is 15.5. The summed E-state index contributed by atoms with van der Waals surface area (Å²) < 4.78 is 11.5. The minimum atomic E-state index is 0.895. The SMILES string of the molecule is c1cc(-c2cccc3oc4c5ccccc5ccc4c23)cc(N(c2ccc(-n3c4ccccc4c4ccccc43)cc2)c2cccc3c2sc2ccccc23)c1. The second-order valence-electron chi connectivity index (χ2n) is 14.5. The zero-order valence-electron chi connectivity index (χ0n) is 30.2. The van der Waals surface area contributed by atoms with E-state index >= 15 is 0 Å². The molecule has 262 valence electrons. The van der Waals surface area contributed by atoms with Crippen molar-refractivity contribution in [3.63, 3.8) is 0 Å². The summed E-state index contributed by atoms with van der Waals surface area (Å²) in [5.41, 5.74) is 11.0. The molecule has 0 aliphatic rings. The number of anilines is 3. The van der Waals surface area contributed by atoms with Crippen LogP contribution in [-0.2, 0) is 0 Å². The highest BCUT2D eigenvalue weighted by Gasteiger charge is 2.21. The van der Waals surface area contributed by atoms with Gasteiger partial charge in [-0.15, -0.1) is 11.3 Å². The fourth-order valence-corrected chi connectivity index (χ4v) is 10.1. The number of para-hydroxylation sites is 2. The first kappa shape index (κ1) is 31.2. The number of nitrogens with zero attached hydrogens (tertiary/aromatic N) is 2. The smallest absolute Gasteiger partial charge is 0.143 e. The van der Waals surface area contributed by atoms with Crippen LogP contribution in [-0.4, -0.2) is 4.57 Å². The van der Waals surface area contributed by atoms with Crippen molar-refractivity contribution < 1.29 is 4.42 Å². The molecule has 0 saturated carbocycles. The topological polar surface area (TPSA) is 21.3 Å². The predicted octanol–water partition coefficient (Wildman–Crippen LogP) is 15.3. The van der Waals surface area contributed by atoms with Gasteiger partial charge in [0.2, 0.25) is 0 Å². The van der Waals surface area contributed by atoms with Gasteiger partial charge in [0, 0.05) is 59.5 Å². The summed E-state index contributed by atoms with van der Waals surface area (Å²) in [7, 11) is 0. The Labute approximate surface area is 326 Å². The maximum absolute atomic E-state index is 6.61. The first-order valence-corrected chi connectivity index (χ1v) is 19.8. The summed E-state index contributed by atoms with van der Waals surface area (Å²) in [6.07, 6.45) is 0. The zero-order valence-corrected chi connectivity index (χ0v) is 31.0. The molecule has 56 heavy (non-hydrogen) atoms. The number of benzene rings is 9. The van der Waals surface area contributed by atoms with Crippen LogP contribution in [0, 0.1) is 0 Å². The summed E-state index contributed by atoms with van der Waals surface area (Å²) in [5.74, 6) is 0. The lowest BCUT2D eigenvalue weighted by molar-refractivity contribution is 0.673. The summed E-state index contributed by atoms with van der Waals surface area (Å²) in [4.78, 5) is 2.43. The van der Waals surface area contributed by atoms with Gasteiger partial charge in [0.05, 0.1) is 21.4 Å².